The molecule has 4 heteroatoms. The molecule has 0 saturated carbocycles. The van der Waals surface area contributed by atoms with Crippen molar-refractivity contribution < 1.29 is 4.74 Å². The van der Waals surface area contributed by atoms with Crippen LogP contribution in [0.4, 0.5) is 5.69 Å². The van der Waals surface area contributed by atoms with E-state index in [1.54, 1.807) is 13.3 Å². The quantitative estimate of drug-likeness (QED) is 0.866. The van der Waals surface area contributed by atoms with Crippen LogP contribution < -0.4 is 10.1 Å². The van der Waals surface area contributed by atoms with Gasteiger partial charge < -0.3 is 15.0 Å². The number of likely N-dealkylation sites (tertiary alicyclic amines) is 1. The molecule has 1 fully saturated rings. The summed E-state index contributed by atoms with van der Waals surface area (Å²) in [5.74, 6) is 0.665. The lowest BCUT2D eigenvalue weighted by atomic mass is 10.1. The third-order valence-corrected chi connectivity index (χ3v) is 3.27. The van der Waals surface area contributed by atoms with E-state index in [0.29, 0.717) is 11.9 Å². The van der Waals surface area contributed by atoms with Gasteiger partial charge in [-0.1, -0.05) is 6.92 Å². The molecule has 1 aromatic rings. The summed E-state index contributed by atoms with van der Waals surface area (Å²) in [4.78, 5) is 6.60. The van der Waals surface area contributed by atoms with Crippen molar-refractivity contribution in [3.8, 4) is 5.88 Å². The summed E-state index contributed by atoms with van der Waals surface area (Å²) < 4.78 is 5.12. The van der Waals surface area contributed by atoms with E-state index in [-0.39, 0.29) is 0 Å². The van der Waals surface area contributed by atoms with Gasteiger partial charge in [0.1, 0.15) is 0 Å². The molecule has 1 aromatic heterocycles. The molecule has 1 aliphatic rings. The highest BCUT2D eigenvalue weighted by Gasteiger charge is 2.18. The summed E-state index contributed by atoms with van der Waals surface area (Å²) in [6.45, 7) is 5.71. The van der Waals surface area contributed by atoms with Crippen LogP contribution in [-0.4, -0.2) is 42.7 Å². The van der Waals surface area contributed by atoms with Crippen LogP contribution in [0.3, 0.4) is 0 Å². The molecule has 1 atom stereocenters. The predicted molar refractivity (Wildman–Crippen MR) is 69.5 cm³/mol. The van der Waals surface area contributed by atoms with E-state index in [1.807, 2.05) is 12.1 Å². The van der Waals surface area contributed by atoms with Crippen LogP contribution >= 0.6 is 0 Å². The molecule has 1 N–H and O–H groups in total. The van der Waals surface area contributed by atoms with E-state index in [0.717, 1.165) is 18.8 Å². The van der Waals surface area contributed by atoms with Gasteiger partial charge in [-0.25, -0.2) is 4.98 Å². The molecule has 2 rings (SSSR count). The lowest BCUT2D eigenvalue weighted by molar-refractivity contribution is 0.227. The Bertz CT molecular complexity index is 356. The van der Waals surface area contributed by atoms with Crippen LogP contribution in [-0.2, 0) is 0 Å². The largest absolute Gasteiger partial charge is 0.481 e. The second kappa shape index (κ2) is 5.87. The molecule has 0 amide bonds. The van der Waals surface area contributed by atoms with Gasteiger partial charge in [0.05, 0.1) is 7.11 Å². The number of ether oxygens (including phenoxy) is 1. The monoisotopic (exact) mass is 235 g/mol. The molecule has 1 saturated heterocycles. The second-order valence-electron chi connectivity index (χ2n) is 4.46. The van der Waals surface area contributed by atoms with Gasteiger partial charge in [0, 0.05) is 30.5 Å². The SMILES string of the molecule is CCN1CCCC(Nc2ccnc(OC)c2)C1. The van der Waals surface area contributed by atoms with Gasteiger partial charge in [0.15, 0.2) is 0 Å². The molecule has 17 heavy (non-hydrogen) atoms. The van der Waals surface area contributed by atoms with Crippen molar-refractivity contribution in [3.05, 3.63) is 18.3 Å². The third-order valence-electron chi connectivity index (χ3n) is 3.27. The van der Waals surface area contributed by atoms with Crippen molar-refractivity contribution in [2.24, 2.45) is 0 Å². The van der Waals surface area contributed by atoms with Gasteiger partial charge in [0.25, 0.3) is 0 Å². The average Bonchev–Trinajstić information content (AvgIpc) is 2.39. The molecule has 1 aliphatic heterocycles. The van der Waals surface area contributed by atoms with E-state index in [4.69, 9.17) is 4.74 Å². The average molecular weight is 235 g/mol. The maximum absolute atomic E-state index is 5.12. The van der Waals surface area contributed by atoms with E-state index in [9.17, 15) is 0 Å². The van der Waals surface area contributed by atoms with E-state index in [1.165, 1.54) is 19.4 Å². The second-order valence-corrected chi connectivity index (χ2v) is 4.46. The Morgan fingerprint density at radius 3 is 3.24 bits per heavy atom. The zero-order valence-electron chi connectivity index (χ0n) is 10.6. The zero-order chi connectivity index (χ0) is 12.1. The standard InChI is InChI=1S/C13H21N3O/c1-3-16-8-4-5-12(10-16)15-11-6-7-14-13(9-11)17-2/h6-7,9,12H,3-5,8,10H2,1-2H3,(H,14,15). The number of piperidine rings is 1. The Labute approximate surface area is 103 Å². The zero-order valence-corrected chi connectivity index (χ0v) is 10.6. The molecule has 0 radical (unpaired) electrons. The molecule has 0 bridgehead atoms. The van der Waals surface area contributed by atoms with Crippen LogP contribution in [0.25, 0.3) is 0 Å². The van der Waals surface area contributed by atoms with Crippen molar-refractivity contribution >= 4 is 5.69 Å². The first-order valence-electron chi connectivity index (χ1n) is 6.30. The molecule has 1 unspecified atom stereocenters. The fourth-order valence-corrected chi connectivity index (χ4v) is 2.31. The summed E-state index contributed by atoms with van der Waals surface area (Å²) in [6, 6.07) is 4.48. The number of likely N-dealkylation sites (N-methyl/N-ethyl adjacent to an activating group) is 1. The van der Waals surface area contributed by atoms with Crippen LogP contribution in [0.2, 0.25) is 0 Å². The molecular formula is C13H21N3O. The molecule has 94 valence electrons. The lowest BCUT2D eigenvalue weighted by Gasteiger charge is -2.32. The van der Waals surface area contributed by atoms with Crippen molar-refractivity contribution in [2.75, 3.05) is 32.1 Å². The molecular weight excluding hydrogens is 214 g/mol. The Kier molecular flexibility index (Phi) is 4.20. The van der Waals surface area contributed by atoms with Gasteiger partial charge in [-0.2, -0.15) is 0 Å². The highest BCUT2D eigenvalue weighted by atomic mass is 16.5. The van der Waals surface area contributed by atoms with Crippen molar-refractivity contribution in [1.82, 2.24) is 9.88 Å². The minimum absolute atomic E-state index is 0.538. The van der Waals surface area contributed by atoms with Gasteiger partial charge in [0.2, 0.25) is 5.88 Å². The fourth-order valence-electron chi connectivity index (χ4n) is 2.31. The maximum atomic E-state index is 5.12. The highest BCUT2D eigenvalue weighted by molar-refractivity contribution is 5.46. The Balaban J connectivity index is 1.95. The van der Waals surface area contributed by atoms with Crippen molar-refractivity contribution in [1.29, 1.82) is 0 Å². The highest BCUT2D eigenvalue weighted by Crippen LogP contribution is 2.18. The van der Waals surface area contributed by atoms with Crippen molar-refractivity contribution in [2.45, 2.75) is 25.8 Å². The van der Waals surface area contributed by atoms with E-state index in [2.05, 4.69) is 22.1 Å². The van der Waals surface area contributed by atoms with Gasteiger partial charge >= 0.3 is 0 Å². The first-order valence-corrected chi connectivity index (χ1v) is 6.30. The number of methoxy groups -OCH3 is 1. The Hall–Kier alpha value is -1.29. The van der Waals surface area contributed by atoms with Crippen molar-refractivity contribution in [3.63, 3.8) is 0 Å². The van der Waals surface area contributed by atoms with E-state index < -0.39 is 0 Å². The summed E-state index contributed by atoms with van der Waals surface area (Å²) in [6.07, 6.45) is 4.29. The number of rotatable bonds is 4. The van der Waals surface area contributed by atoms with Crippen LogP contribution in [0, 0.1) is 0 Å². The van der Waals surface area contributed by atoms with Gasteiger partial charge in [-0.05, 0) is 32.0 Å². The number of nitrogens with one attached hydrogen (secondary N) is 1. The van der Waals surface area contributed by atoms with Crippen LogP contribution in [0.5, 0.6) is 5.88 Å². The molecule has 0 aliphatic carbocycles. The number of anilines is 1. The summed E-state index contributed by atoms with van der Waals surface area (Å²) in [5, 5.41) is 3.56. The normalized spacial score (nSPS) is 21.2. The van der Waals surface area contributed by atoms with Crippen LogP contribution in [0.1, 0.15) is 19.8 Å². The lowest BCUT2D eigenvalue weighted by Crippen LogP contribution is -2.41. The Morgan fingerprint density at radius 1 is 1.59 bits per heavy atom. The Morgan fingerprint density at radius 2 is 2.47 bits per heavy atom. The number of hydrogen-bond acceptors (Lipinski definition) is 4. The summed E-state index contributed by atoms with van der Waals surface area (Å²) in [7, 11) is 1.64. The molecule has 2 heterocycles. The van der Waals surface area contributed by atoms with Gasteiger partial charge in [-0.3, -0.25) is 0 Å². The third kappa shape index (κ3) is 3.33. The van der Waals surface area contributed by atoms with Crippen LogP contribution in [0.15, 0.2) is 18.3 Å². The molecule has 0 aromatic carbocycles. The maximum Gasteiger partial charge on any atom is 0.214 e. The first kappa shape index (κ1) is 12.2. The minimum Gasteiger partial charge on any atom is -0.481 e. The summed E-state index contributed by atoms with van der Waals surface area (Å²) in [5.41, 5.74) is 1.10. The number of nitrogens with zero attached hydrogens (tertiary/aromatic N) is 2. The molecule has 0 spiro atoms. The van der Waals surface area contributed by atoms with E-state index >= 15 is 0 Å². The number of pyridine rings is 1. The smallest absolute Gasteiger partial charge is 0.214 e. The first-order chi connectivity index (χ1) is 8.31. The minimum atomic E-state index is 0.538. The van der Waals surface area contributed by atoms with Gasteiger partial charge in [-0.15, -0.1) is 0 Å². The summed E-state index contributed by atoms with van der Waals surface area (Å²) >= 11 is 0. The topological polar surface area (TPSA) is 37.4 Å². The fraction of sp³-hybridized carbons (Fsp3) is 0.615. The predicted octanol–water partition coefficient (Wildman–Crippen LogP) is 1.99. The number of aromatic nitrogens is 1. The number of hydrogen-bond donors (Lipinski definition) is 1. The molecule has 4 nitrogen and oxygen atoms in total.